The van der Waals surface area contributed by atoms with Crippen LogP contribution >= 0.6 is 0 Å². The Bertz CT molecular complexity index is 135. The van der Waals surface area contributed by atoms with Crippen LogP contribution < -0.4 is 10.6 Å². The molecule has 9 heavy (non-hydrogen) atoms. The molecular formula is C5H8N2O2. The van der Waals surface area contributed by atoms with Crippen molar-refractivity contribution in [1.29, 1.82) is 0 Å². The zero-order valence-electron chi connectivity index (χ0n) is 4.89. The highest BCUT2D eigenvalue weighted by molar-refractivity contribution is 5.79. The third kappa shape index (κ3) is 1.42. The molecule has 0 aliphatic carbocycles. The predicted octanol–water partition coefficient (Wildman–Crippen LogP) is -1.38. The standard InChI is InChI=1S/C5H8N2O2/c8-3-7-4-1-5(9)6-2-4/h3-4H,1-2H2,(H,6,9)(H,7,8). The summed E-state index contributed by atoms with van der Waals surface area (Å²) in [6.07, 6.45) is 1.03. The maximum absolute atomic E-state index is 10.5. The summed E-state index contributed by atoms with van der Waals surface area (Å²) in [7, 11) is 0. The van der Waals surface area contributed by atoms with Gasteiger partial charge in [-0.2, -0.15) is 0 Å². The summed E-state index contributed by atoms with van der Waals surface area (Å²) in [5, 5.41) is 5.11. The van der Waals surface area contributed by atoms with Gasteiger partial charge in [0.25, 0.3) is 0 Å². The third-order valence-electron chi connectivity index (χ3n) is 1.28. The fraction of sp³-hybridized carbons (Fsp3) is 0.600. The second-order valence-electron chi connectivity index (χ2n) is 1.99. The van der Waals surface area contributed by atoms with Crippen molar-refractivity contribution < 1.29 is 9.59 Å². The summed E-state index contributed by atoms with van der Waals surface area (Å²) >= 11 is 0. The number of amides is 2. The van der Waals surface area contributed by atoms with E-state index in [1.54, 1.807) is 0 Å². The van der Waals surface area contributed by atoms with Crippen LogP contribution in [0.25, 0.3) is 0 Å². The van der Waals surface area contributed by atoms with Crippen LogP contribution in [0.1, 0.15) is 6.42 Å². The first-order valence-corrected chi connectivity index (χ1v) is 2.79. The SMILES string of the molecule is O=CNC1CNC(=O)C1. The van der Waals surface area contributed by atoms with Gasteiger partial charge in [-0.15, -0.1) is 0 Å². The van der Waals surface area contributed by atoms with Crippen molar-refractivity contribution in [2.24, 2.45) is 0 Å². The number of nitrogens with one attached hydrogen (secondary N) is 2. The third-order valence-corrected chi connectivity index (χ3v) is 1.28. The smallest absolute Gasteiger partial charge is 0.222 e. The van der Waals surface area contributed by atoms with Gasteiger partial charge in [0.2, 0.25) is 12.3 Å². The molecule has 50 valence electrons. The first kappa shape index (κ1) is 6.07. The minimum absolute atomic E-state index is 0.00866. The van der Waals surface area contributed by atoms with E-state index in [0.717, 1.165) is 0 Å². The monoisotopic (exact) mass is 128 g/mol. The van der Waals surface area contributed by atoms with Crippen LogP contribution in [0.5, 0.6) is 0 Å². The van der Waals surface area contributed by atoms with Gasteiger partial charge in [0.05, 0.1) is 6.04 Å². The fourth-order valence-corrected chi connectivity index (χ4v) is 0.819. The van der Waals surface area contributed by atoms with Crippen LogP contribution in [0.4, 0.5) is 0 Å². The van der Waals surface area contributed by atoms with Gasteiger partial charge in [-0.1, -0.05) is 0 Å². The van der Waals surface area contributed by atoms with Gasteiger partial charge < -0.3 is 10.6 Å². The molecule has 1 heterocycles. The van der Waals surface area contributed by atoms with E-state index in [1.165, 1.54) is 0 Å². The van der Waals surface area contributed by atoms with Crippen molar-refractivity contribution in [1.82, 2.24) is 10.6 Å². The molecule has 1 saturated heterocycles. The molecule has 4 heteroatoms. The molecule has 0 aromatic rings. The number of hydrogen-bond acceptors (Lipinski definition) is 2. The second kappa shape index (κ2) is 2.48. The van der Waals surface area contributed by atoms with Gasteiger partial charge in [-0.25, -0.2) is 0 Å². The van der Waals surface area contributed by atoms with Crippen LogP contribution in [-0.2, 0) is 9.59 Å². The number of carbonyl (C=O) groups excluding carboxylic acids is 2. The molecule has 1 rings (SSSR count). The number of hydrogen-bond donors (Lipinski definition) is 2. The summed E-state index contributed by atoms with van der Waals surface area (Å²) in [4.78, 5) is 20.3. The quantitative estimate of drug-likeness (QED) is 0.450. The first-order valence-electron chi connectivity index (χ1n) is 2.79. The summed E-state index contributed by atoms with van der Waals surface area (Å²) in [5.74, 6) is 0.00866. The molecule has 1 aliphatic rings. The zero-order chi connectivity index (χ0) is 6.69. The normalized spacial score (nSPS) is 25.3. The Hall–Kier alpha value is -1.06. The van der Waals surface area contributed by atoms with E-state index in [0.29, 0.717) is 19.4 Å². The molecule has 1 fully saturated rings. The number of carbonyl (C=O) groups is 2. The van der Waals surface area contributed by atoms with Gasteiger partial charge in [-0.05, 0) is 0 Å². The van der Waals surface area contributed by atoms with E-state index in [2.05, 4.69) is 10.6 Å². The van der Waals surface area contributed by atoms with Crippen LogP contribution in [0.2, 0.25) is 0 Å². The van der Waals surface area contributed by atoms with Gasteiger partial charge in [-0.3, -0.25) is 9.59 Å². The van der Waals surface area contributed by atoms with Gasteiger partial charge in [0.1, 0.15) is 0 Å². The summed E-state index contributed by atoms with van der Waals surface area (Å²) in [6.45, 7) is 0.567. The molecule has 2 amide bonds. The Morgan fingerprint density at radius 2 is 2.56 bits per heavy atom. The van der Waals surface area contributed by atoms with Gasteiger partial charge >= 0.3 is 0 Å². The van der Waals surface area contributed by atoms with E-state index in [1.807, 2.05) is 0 Å². The lowest BCUT2D eigenvalue weighted by Gasteiger charge is -2.01. The lowest BCUT2D eigenvalue weighted by molar-refractivity contribution is -0.119. The molecule has 0 bridgehead atoms. The van der Waals surface area contributed by atoms with Crippen LogP contribution in [0.15, 0.2) is 0 Å². The molecule has 1 atom stereocenters. The molecule has 0 saturated carbocycles. The molecule has 2 N–H and O–H groups in total. The van der Waals surface area contributed by atoms with Crippen molar-refractivity contribution in [2.75, 3.05) is 6.54 Å². The van der Waals surface area contributed by atoms with E-state index in [4.69, 9.17) is 0 Å². The highest BCUT2D eigenvalue weighted by Gasteiger charge is 2.19. The average molecular weight is 128 g/mol. The average Bonchev–Trinajstić information content (AvgIpc) is 2.17. The Balaban J connectivity index is 2.29. The van der Waals surface area contributed by atoms with E-state index in [-0.39, 0.29) is 11.9 Å². The fourth-order valence-electron chi connectivity index (χ4n) is 0.819. The lowest BCUT2D eigenvalue weighted by Crippen LogP contribution is -2.29. The van der Waals surface area contributed by atoms with Gasteiger partial charge in [0.15, 0.2) is 0 Å². The lowest BCUT2D eigenvalue weighted by atomic mass is 10.3. The van der Waals surface area contributed by atoms with Crippen molar-refractivity contribution in [3.63, 3.8) is 0 Å². The Morgan fingerprint density at radius 3 is 3.00 bits per heavy atom. The Labute approximate surface area is 52.6 Å². The first-order chi connectivity index (χ1) is 4.33. The summed E-state index contributed by atoms with van der Waals surface area (Å²) < 4.78 is 0. The largest absolute Gasteiger partial charge is 0.354 e. The number of rotatable bonds is 2. The molecule has 0 aromatic carbocycles. The second-order valence-corrected chi connectivity index (χ2v) is 1.99. The van der Waals surface area contributed by atoms with E-state index < -0.39 is 0 Å². The van der Waals surface area contributed by atoms with Crippen molar-refractivity contribution >= 4 is 12.3 Å². The minimum Gasteiger partial charge on any atom is -0.354 e. The molecule has 0 aromatic heterocycles. The van der Waals surface area contributed by atoms with E-state index in [9.17, 15) is 9.59 Å². The highest BCUT2D eigenvalue weighted by atomic mass is 16.2. The van der Waals surface area contributed by atoms with E-state index >= 15 is 0 Å². The predicted molar refractivity (Wildman–Crippen MR) is 30.6 cm³/mol. The summed E-state index contributed by atoms with van der Waals surface area (Å²) in [6, 6.07) is 0.00926. The van der Waals surface area contributed by atoms with Gasteiger partial charge in [0, 0.05) is 13.0 Å². The highest BCUT2D eigenvalue weighted by Crippen LogP contribution is 1.96. The molecule has 1 unspecified atom stereocenters. The van der Waals surface area contributed by atoms with Crippen LogP contribution in [0, 0.1) is 0 Å². The minimum atomic E-state index is 0.00866. The van der Waals surface area contributed by atoms with Crippen molar-refractivity contribution in [3.8, 4) is 0 Å². The molecule has 0 spiro atoms. The van der Waals surface area contributed by atoms with Crippen LogP contribution in [-0.4, -0.2) is 24.9 Å². The van der Waals surface area contributed by atoms with Crippen molar-refractivity contribution in [2.45, 2.75) is 12.5 Å². The molecular weight excluding hydrogens is 120 g/mol. The molecule has 0 radical (unpaired) electrons. The molecule has 4 nitrogen and oxygen atoms in total. The van der Waals surface area contributed by atoms with Crippen LogP contribution in [0.3, 0.4) is 0 Å². The maximum atomic E-state index is 10.5. The molecule has 1 aliphatic heterocycles. The van der Waals surface area contributed by atoms with Crippen molar-refractivity contribution in [3.05, 3.63) is 0 Å². The summed E-state index contributed by atoms with van der Waals surface area (Å²) in [5.41, 5.74) is 0. The zero-order valence-corrected chi connectivity index (χ0v) is 4.89. The Kier molecular flexibility index (Phi) is 1.67. The maximum Gasteiger partial charge on any atom is 0.222 e. The Morgan fingerprint density at radius 1 is 1.78 bits per heavy atom. The topological polar surface area (TPSA) is 58.2 Å².